The lowest BCUT2D eigenvalue weighted by Gasteiger charge is -2.23. The maximum absolute atomic E-state index is 11.4. The Morgan fingerprint density at radius 2 is 2.00 bits per heavy atom. The molecule has 15 heavy (non-hydrogen) atoms. The van der Waals surface area contributed by atoms with Gasteiger partial charge < -0.3 is 4.89 Å². The van der Waals surface area contributed by atoms with Gasteiger partial charge in [0.15, 0.2) is 0 Å². The number of alkyl halides is 4. The van der Waals surface area contributed by atoms with E-state index in [4.69, 9.17) is 27.7 Å². The molecule has 0 rings (SSSR count). The fourth-order valence-corrected chi connectivity index (χ4v) is 2.84. The summed E-state index contributed by atoms with van der Waals surface area (Å²) in [5, 5.41) is -0.686. The Morgan fingerprint density at radius 3 is 2.33 bits per heavy atom. The second-order valence-corrected chi connectivity index (χ2v) is 7.78. The molecule has 0 saturated heterocycles. The van der Waals surface area contributed by atoms with Gasteiger partial charge in [0.25, 0.3) is 0 Å². The highest BCUT2D eigenvalue weighted by atomic mass is 79.9. The van der Waals surface area contributed by atoms with Crippen molar-refractivity contribution in [1.82, 2.24) is 0 Å². The summed E-state index contributed by atoms with van der Waals surface area (Å²) in [7, 11) is -4.28. The Balaban J connectivity index is 4.38. The summed E-state index contributed by atoms with van der Waals surface area (Å²) in [4.78, 5) is 9.11. The summed E-state index contributed by atoms with van der Waals surface area (Å²) in [6, 6.07) is 0. The summed E-state index contributed by atoms with van der Waals surface area (Å²) in [6.45, 7) is 3.34. The third kappa shape index (κ3) is 7.55. The zero-order valence-corrected chi connectivity index (χ0v) is 13.6. The van der Waals surface area contributed by atoms with Crippen LogP contribution < -0.4 is 0 Å². The molecule has 92 valence electrons. The lowest BCUT2D eigenvalue weighted by Crippen LogP contribution is -2.19. The molecule has 0 aromatic carbocycles. The van der Waals surface area contributed by atoms with E-state index in [0.29, 0.717) is 0 Å². The molecule has 0 aliphatic rings. The Morgan fingerprint density at radius 1 is 1.53 bits per heavy atom. The summed E-state index contributed by atoms with van der Waals surface area (Å²) >= 11 is 17.3. The van der Waals surface area contributed by atoms with Gasteiger partial charge in [-0.15, -0.1) is 0 Å². The predicted molar refractivity (Wildman–Crippen MR) is 67.8 cm³/mol. The third-order valence-corrected chi connectivity index (χ3v) is 5.65. The van der Waals surface area contributed by atoms with Crippen molar-refractivity contribution >= 4 is 62.9 Å². The predicted octanol–water partition coefficient (Wildman–Crippen LogP) is 4.17. The molecule has 4 nitrogen and oxygen atoms in total. The van der Waals surface area contributed by atoms with E-state index in [-0.39, 0.29) is 11.2 Å². The number of hydrogen-bond acceptors (Lipinski definition) is 3. The summed E-state index contributed by atoms with van der Waals surface area (Å²) in [5.41, 5.74) is 0. The van der Waals surface area contributed by atoms with Crippen molar-refractivity contribution in [2.75, 3.05) is 0 Å². The van der Waals surface area contributed by atoms with Crippen molar-refractivity contribution in [2.24, 2.45) is 0 Å². The average molecular weight is 409 g/mol. The molecule has 0 aliphatic carbocycles. The highest BCUT2D eigenvalue weighted by Gasteiger charge is 2.37. The molecule has 0 amide bonds. The smallest absolute Gasteiger partial charge is 0.302 e. The van der Waals surface area contributed by atoms with Gasteiger partial charge in [-0.1, -0.05) is 62.0 Å². The van der Waals surface area contributed by atoms with Crippen LogP contribution in [0.3, 0.4) is 0 Å². The molecule has 0 aromatic rings. The monoisotopic (exact) mass is 406 g/mol. The van der Waals surface area contributed by atoms with Gasteiger partial charge in [-0.05, 0) is 6.92 Å². The van der Waals surface area contributed by atoms with E-state index < -0.39 is 17.4 Å². The highest BCUT2D eigenvalue weighted by molar-refractivity contribution is 9.12. The number of phosphoric ester groups is 1. The second-order valence-electron chi connectivity index (χ2n) is 2.68. The number of halogens is 4. The quantitative estimate of drug-likeness (QED) is 0.529. The molecule has 0 bridgehead atoms. The van der Waals surface area contributed by atoms with Crippen molar-refractivity contribution in [3.05, 3.63) is 0 Å². The van der Waals surface area contributed by atoms with E-state index in [1.807, 2.05) is 0 Å². The van der Waals surface area contributed by atoms with Crippen LogP contribution in [0.4, 0.5) is 0 Å². The Hall–Kier alpha value is 1.65. The Labute approximate surface area is 115 Å². The molecule has 0 aliphatic heterocycles. The number of rotatable bonds is 6. The van der Waals surface area contributed by atoms with Crippen molar-refractivity contribution in [2.45, 2.75) is 34.6 Å². The Bertz CT molecular complexity index is 251. The molecule has 3 unspecified atom stereocenters. The van der Waals surface area contributed by atoms with Crippen LogP contribution >= 0.6 is 62.9 Å². The lowest BCUT2D eigenvalue weighted by molar-refractivity contribution is 0.113. The summed E-state index contributed by atoms with van der Waals surface area (Å²) in [6.07, 6.45) is 0.154. The first-order valence-corrected chi connectivity index (χ1v) is 8.06. The van der Waals surface area contributed by atoms with Gasteiger partial charge >= 0.3 is 7.82 Å². The molecule has 0 saturated carbocycles. The molecule has 9 heteroatoms. The van der Waals surface area contributed by atoms with E-state index >= 15 is 0 Å². The first kappa shape index (κ1) is 16.6. The molecule has 3 atom stereocenters. The van der Waals surface area contributed by atoms with E-state index in [0.717, 1.165) is 0 Å². The van der Waals surface area contributed by atoms with Crippen LogP contribution in [0, 0.1) is 0 Å². The van der Waals surface area contributed by atoms with Gasteiger partial charge in [-0.2, -0.15) is 0 Å². The van der Waals surface area contributed by atoms with Crippen LogP contribution in [0.2, 0.25) is 0 Å². The van der Waals surface area contributed by atoms with E-state index in [1.54, 1.807) is 13.8 Å². The average Bonchev–Trinajstić information content (AvgIpc) is 2.01. The van der Waals surface area contributed by atoms with Crippen LogP contribution in [0.5, 0.6) is 0 Å². The molecule has 0 spiro atoms. The van der Waals surface area contributed by atoms with Gasteiger partial charge in [-0.3, -0.25) is 4.52 Å². The largest absolute Gasteiger partial charge is 0.475 e. The fraction of sp³-hybridized carbons (Fsp3) is 1.00. The minimum Gasteiger partial charge on any atom is -0.302 e. The van der Waals surface area contributed by atoms with Crippen molar-refractivity contribution in [1.29, 1.82) is 0 Å². The van der Waals surface area contributed by atoms with Crippen LogP contribution in [0.25, 0.3) is 0 Å². The first-order valence-electron chi connectivity index (χ1n) is 3.97. The maximum Gasteiger partial charge on any atom is 0.475 e. The molecular weight excluding hydrogens is 398 g/mol. The van der Waals surface area contributed by atoms with E-state index in [1.165, 1.54) is 0 Å². The molecular formula is C6H11Br2Cl2O4P. The maximum atomic E-state index is 11.4. The number of phosphoric acid groups is 1. The minimum atomic E-state index is -4.28. The van der Waals surface area contributed by atoms with Crippen LogP contribution in [0.15, 0.2) is 0 Å². The van der Waals surface area contributed by atoms with Gasteiger partial charge in [0.1, 0.15) is 5.01 Å². The normalized spacial score (nSPS) is 20.7. The zero-order valence-electron chi connectivity index (χ0n) is 7.99. The van der Waals surface area contributed by atoms with E-state index in [9.17, 15) is 9.46 Å². The van der Waals surface area contributed by atoms with Crippen LogP contribution in [-0.4, -0.2) is 19.3 Å². The van der Waals surface area contributed by atoms with Crippen molar-refractivity contribution < 1.29 is 18.5 Å². The van der Waals surface area contributed by atoms with E-state index in [2.05, 4.69) is 36.4 Å². The molecule has 0 fully saturated rings. The molecule has 0 aromatic heterocycles. The van der Waals surface area contributed by atoms with Crippen molar-refractivity contribution in [3.8, 4) is 0 Å². The first-order chi connectivity index (χ1) is 6.59. The van der Waals surface area contributed by atoms with Gasteiger partial charge in [0.05, 0.1) is 0 Å². The second kappa shape index (κ2) is 6.55. The summed E-state index contributed by atoms with van der Waals surface area (Å²) < 4.78 is 19.0. The fourth-order valence-electron chi connectivity index (χ4n) is 0.466. The van der Waals surface area contributed by atoms with Gasteiger partial charge in [0, 0.05) is 11.2 Å². The van der Waals surface area contributed by atoms with Crippen molar-refractivity contribution in [3.63, 3.8) is 0 Å². The standard InChI is InChI=1S/C6H11Br2Cl2O4P/c1-3-6(9,10)14-15(11,12)13-5(8)4(2)7/h4-5H,3H2,1-2H3,(H,11,12). The topological polar surface area (TPSA) is 55.8 Å². The molecule has 0 radical (unpaired) electrons. The molecule has 0 heterocycles. The van der Waals surface area contributed by atoms with Gasteiger partial charge in [-0.25, -0.2) is 9.09 Å². The highest BCUT2D eigenvalue weighted by Crippen LogP contribution is 2.52. The molecule has 1 N–H and O–H groups in total. The summed E-state index contributed by atoms with van der Waals surface area (Å²) in [5.74, 6) is 0. The number of hydrogen-bond donors (Lipinski definition) is 1. The lowest BCUT2D eigenvalue weighted by atomic mass is 10.5. The SMILES string of the molecule is CCC(Cl)(Cl)OP(=O)(O)OC(Br)C(C)Br. The third-order valence-electron chi connectivity index (χ3n) is 1.26. The minimum absolute atomic E-state index is 0.154. The van der Waals surface area contributed by atoms with Gasteiger partial charge in [0.2, 0.25) is 4.52 Å². The zero-order chi connectivity index (χ0) is 12.3. The van der Waals surface area contributed by atoms with Crippen LogP contribution in [0.1, 0.15) is 20.3 Å². The van der Waals surface area contributed by atoms with Crippen LogP contribution in [-0.2, 0) is 13.6 Å². The Kier molecular flexibility index (Phi) is 7.27.